The first-order valence-corrected chi connectivity index (χ1v) is 7.18. The molecule has 1 aromatic carbocycles. The van der Waals surface area contributed by atoms with Gasteiger partial charge in [-0.2, -0.15) is 0 Å². The van der Waals surface area contributed by atoms with Gasteiger partial charge in [0.15, 0.2) is 0 Å². The van der Waals surface area contributed by atoms with E-state index < -0.39 is 0 Å². The highest BCUT2D eigenvalue weighted by molar-refractivity contribution is 5.28. The Bertz CT molecular complexity index is 305. The maximum Gasteiger partial charge on any atom is 0.119 e. The molecule has 0 saturated heterocycles. The third-order valence-electron chi connectivity index (χ3n) is 3.17. The van der Waals surface area contributed by atoms with Crippen LogP contribution in [0, 0.1) is 0 Å². The molecule has 102 valence electrons. The van der Waals surface area contributed by atoms with Gasteiger partial charge in [0.2, 0.25) is 0 Å². The molecule has 0 unspecified atom stereocenters. The van der Waals surface area contributed by atoms with Crippen LogP contribution in [-0.2, 0) is 0 Å². The normalized spacial score (nSPS) is 12.4. The van der Waals surface area contributed by atoms with Gasteiger partial charge in [0.05, 0.1) is 12.7 Å². The van der Waals surface area contributed by atoms with Gasteiger partial charge in [0.1, 0.15) is 5.75 Å². The molecule has 0 aliphatic carbocycles. The molecule has 0 radical (unpaired) electrons. The maximum atomic E-state index is 9.68. The lowest BCUT2D eigenvalue weighted by molar-refractivity contribution is 0.173. The third-order valence-corrected chi connectivity index (χ3v) is 3.17. The Balaban J connectivity index is 2.22. The highest BCUT2D eigenvalue weighted by atomic mass is 16.5. The second kappa shape index (κ2) is 8.98. The van der Waals surface area contributed by atoms with E-state index >= 15 is 0 Å². The zero-order valence-electron chi connectivity index (χ0n) is 11.7. The van der Waals surface area contributed by atoms with Gasteiger partial charge < -0.3 is 9.84 Å². The monoisotopic (exact) mass is 250 g/mol. The fourth-order valence-corrected chi connectivity index (χ4v) is 1.92. The Morgan fingerprint density at radius 3 is 2.28 bits per heavy atom. The van der Waals surface area contributed by atoms with E-state index in [1.807, 2.05) is 31.2 Å². The van der Waals surface area contributed by atoms with E-state index in [-0.39, 0.29) is 6.10 Å². The minimum absolute atomic E-state index is 0.354. The minimum atomic E-state index is -0.354. The van der Waals surface area contributed by atoms with Crippen molar-refractivity contribution in [3.63, 3.8) is 0 Å². The Labute approximate surface area is 111 Å². The molecule has 0 amide bonds. The summed E-state index contributed by atoms with van der Waals surface area (Å²) < 4.78 is 5.67. The van der Waals surface area contributed by atoms with Crippen LogP contribution in [0.5, 0.6) is 5.75 Å². The van der Waals surface area contributed by atoms with E-state index in [9.17, 15) is 5.11 Å². The molecule has 1 N–H and O–H groups in total. The van der Waals surface area contributed by atoms with Crippen molar-refractivity contribution in [1.82, 2.24) is 0 Å². The molecule has 0 fully saturated rings. The summed E-state index contributed by atoms with van der Waals surface area (Å²) in [4.78, 5) is 0. The van der Waals surface area contributed by atoms with Crippen molar-refractivity contribution in [1.29, 1.82) is 0 Å². The van der Waals surface area contributed by atoms with Crippen LogP contribution in [0.1, 0.15) is 64.0 Å². The molecule has 0 bridgehead atoms. The van der Waals surface area contributed by atoms with Crippen LogP contribution in [0.3, 0.4) is 0 Å². The van der Waals surface area contributed by atoms with Crippen LogP contribution < -0.4 is 4.74 Å². The van der Waals surface area contributed by atoms with Crippen LogP contribution >= 0.6 is 0 Å². The molecule has 0 saturated carbocycles. The van der Waals surface area contributed by atoms with Crippen LogP contribution in [-0.4, -0.2) is 11.7 Å². The summed E-state index contributed by atoms with van der Waals surface area (Å²) in [6.07, 6.45) is 6.68. The molecule has 0 spiro atoms. The average molecular weight is 250 g/mol. The summed E-state index contributed by atoms with van der Waals surface area (Å²) in [7, 11) is 0. The predicted octanol–water partition coefficient (Wildman–Crippen LogP) is 4.48. The number of ether oxygens (including phenoxy) is 1. The van der Waals surface area contributed by atoms with Crippen LogP contribution in [0.2, 0.25) is 0 Å². The van der Waals surface area contributed by atoms with Gasteiger partial charge >= 0.3 is 0 Å². The van der Waals surface area contributed by atoms with Gasteiger partial charge in [-0.15, -0.1) is 0 Å². The SMILES string of the molecule is CCCCCCCOc1ccc([C@@H](O)CC)cc1. The Kier molecular flexibility index (Phi) is 7.51. The number of aliphatic hydroxyl groups excluding tert-OH is 1. The van der Waals surface area contributed by atoms with Crippen molar-refractivity contribution in [2.75, 3.05) is 6.61 Å². The van der Waals surface area contributed by atoms with Crippen molar-refractivity contribution in [3.05, 3.63) is 29.8 Å². The molecule has 0 aliphatic heterocycles. The zero-order chi connectivity index (χ0) is 13.2. The van der Waals surface area contributed by atoms with Crippen molar-refractivity contribution in [2.24, 2.45) is 0 Å². The molecule has 1 aromatic rings. The van der Waals surface area contributed by atoms with Gasteiger partial charge in [0, 0.05) is 0 Å². The van der Waals surface area contributed by atoms with Gasteiger partial charge in [-0.05, 0) is 30.5 Å². The third kappa shape index (κ3) is 5.54. The standard InChI is InChI=1S/C16H26O2/c1-3-5-6-7-8-13-18-15-11-9-14(10-12-15)16(17)4-2/h9-12,16-17H,3-8,13H2,1-2H3/t16-/m0/s1. The van der Waals surface area contributed by atoms with Crippen LogP contribution in [0.4, 0.5) is 0 Å². The highest BCUT2D eigenvalue weighted by Crippen LogP contribution is 2.20. The molecule has 0 aromatic heterocycles. The molecular weight excluding hydrogens is 224 g/mol. The summed E-state index contributed by atoms with van der Waals surface area (Å²) in [6.45, 7) is 4.99. The number of unbranched alkanes of at least 4 members (excludes halogenated alkanes) is 4. The number of hydrogen-bond acceptors (Lipinski definition) is 2. The van der Waals surface area contributed by atoms with Gasteiger partial charge in [-0.3, -0.25) is 0 Å². The second-order valence-electron chi connectivity index (χ2n) is 4.76. The van der Waals surface area contributed by atoms with Gasteiger partial charge in [-0.25, -0.2) is 0 Å². The molecule has 18 heavy (non-hydrogen) atoms. The number of hydrogen-bond donors (Lipinski definition) is 1. The molecule has 1 atom stereocenters. The van der Waals surface area contributed by atoms with Crippen LogP contribution in [0.25, 0.3) is 0 Å². The van der Waals surface area contributed by atoms with E-state index in [4.69, 9.17) is 4.74 Å². The molecule has 2 heteroatoms. The maximum absolute atomic E-state index is 9.68. The summed E-state index contributed by atoms with van der Waals surface area (Å²) in [5.74, 6) is 0.901. The zero-order valence-corrected chi connectivity index (χ0v) is 11.7. The molecule has 0 heterocycles. The fraction of sp³-hybridized carbons (Fsp3) is 0.625. The summed E-state index contributed by atoms with van der Waals surface area (Å²) >= 11 is 0. The lowest BCUT2D eigenvalue weighted by Gasteiger charge is -2.10. The largest absolute Gasteiger partial charge is 0.494 e. The smallest absolute Gasteiger partial charge is 0.119 e. The first-order valence-electron chi connectivity index (χ1n) is 7.18. The lowest BCUT2D eigenvalue weighted by atomic mass is 10.1. The van der Waals surface area contributed by atoms with Crippen molar-refractivity contribution in [3.8, 4) is 5.75 Å². The predicted molar refractivity (Wildman–Crippen MR) is 75.9 cm³/mol. The first-order chi connectivity index (χ1) is 8.77. The number of aliphatic hydroxyl groups is 1. The van der Waals surface area contributed by atoms with Crippen molar-refractivity contribution in [2.45, 2.75) is 58.5 Å². The minimum Gasteiger partial charge on any atom is -0.494 e. The van der Waals surface area contributed by atoms with Crippen molar-refractivity contribution < 1.29 is 9.84 Å². The fourth-order valence-electron chi connectivity index (χ4n) is 1.92. The molecule has 1 rings (SSSR count). The summed E-state index contributed by atoms with van der Waals surface area (Å²) in [5, 5.41) is 9.68. The summed E-state index contributed by atoms with van der Waals surface area (Å²) in [6, 6.07) is 7.78. The number of benzene rings is 1. The topological polar surface area (TPSA) is 29.5 Å². The lowest BCUT2D eigenvalue weighted by Crippen LogP contribution is -1.98. The Morgan fingerprint density at radius 1 is 1.00 bits per heavy atom. The van der Waals surface area contributed by atoms with E-state index in [0.29, 0.717) is 0 Å². The molecular formula is C16H26O2. The molecule has 2 nitrogen and oxygen atoms in total. The van der Waals surface area contributed by atoms with E-state index in [1.54, 1.807) is 0 Å². The van der Waals surface area contributed by atoms with E-state index in [2.05, 4.69) is 6.92 Å². The van der Waals surface area contributed by atoms with Gasteiger partial charge in [-0.1, -0.05) is 51.7 Å². The van der Waals surface area contributed by atoms with Crippen LogP contribution in [0.15, 0.2) is 24.3 Å². The quantitative estimate of drug-likeness (QED) is 0.655. The summed E-state index contributed by atoms with van der Waals surface area (Å²) in [5.41, 5.74) is 0.966. The number of rotatable bonds is 9. The second-order valence-corrected chi connectivity index (χ2v) is 4.76. The Morgan fingerprint density at radius 2 is 1.67 bits per heavy atom. The Hall–Kier alpha value is -1.02. The van der Waals surface area contributed by atoms with Crippen molar-refractivity contribution >= 4 is 0 Å². The first kappa shape index (κ1) is 15.0. The average Bonchev–Trinajstić information content (AvgIpc) is 2.42. The highest BCUT2D eigenvalue weighted by Gasteiger charge is 2.04. The van der Waals surface area contributed by atoms with Gasteiger partial charge in [0.25, 0.3) is 0 Å². The van der Waals surface area contributed by atoms with E-state index in [1.165, 1.54) is 25.7 Å². The van der Waals surface area contributed by atoms with E-state index in [0.717, 1.165) is 30.8 Å². The molecule has 0 aliphatic rings.